The van der Waals surface area contributed by atoms with Crippen molar-refractivity contribution in [3.05, 3.63) is 30.1 Å². The monoisotopic (exact) mass is 235 g/mol. The number of H-pyrrole nitrogens is 2. The molecule has 0 saturated heterocycles. The lowest BCUT2D eigenvalue weighted by molar-refractivity contribution is -0.136. The summed E-state index contributed by atoms with van der Waals surface area (Å²) in [6, 6.07) is -0.619. The van der Waals surface area contributed by atoms with E-state index in [4.69, 9.17) is 10.5 Å². The summed E-state index contributed by atoms with van der Waals surface area (Å²) in [7, 11) is 0. The summed E-state index contributed by atoms with van der Waals surface area (Å²) in [5, 5.41) is 0. The summed E-state index contributed by atoms with van der Waals surface area (Å²) in [4.78, 5) is 25.1. The number of nitrogens with zero attached hydrogens (tertiary/aromatic N) is 2. The SMILES string of the molecule is Cc1nc(C[C@H](N)C(=O)Oc2ncc[nH]2)c[nH]1. The first-order chi connectivity index (χ1) is 8.15. The number of carbonyl (C=O) groups excluding carboxylic acids is 1. The highest BCUT2D eigenvalue weighted by atomic mass is 16.5. The van der Waals surface area contributed by atoms with Crippen LogP contribution < -0.4 is 10.5 Å². The Kier molecular flexibility index (Phi) is 3.20. The van der Waals surface area contributed by atoms with Gasteiger partial charge in [-0.15, -0.1) is 0 Å². The van der Waals surface area contributed by atoms with Crippen molar-refractivity contribution in [3.63, 3.8) is 0 Å². The van der Waals surface area contributed by atoms with E-state index in [2.05, 4.69) is 19.9 Å². The van der Waals surface area contributed by atoms with Crippen molar-refractivity contribution < 1.29 is 9.53 Å². The van der Waals surface area contributed by atoms with Gasteiger partial charge in [-0.2, -0.15) is 0 Å². The normalized spacial score (nSPS) is 12.4. The number of imidazole rings is 2. The second kappa shape index (κ2) is 4.79. The van der Waals surface area contributed by atoms with Crippen LogP contribution in [0, 0.1) is 6.92 Å². The van der Waals surface area contributed by atoms with Crippen LogP contribution >= 0.6 is 0 Å². The van der Waals surface area contributed by atoms with Crippen molar-refractivity contribution in [2.45, 2.75) is 19.4 Å². The van der Waals surface area contributed by atoms with E-state index < -0.39 is 12.0 Å². The molecule has 0 bridgehead atoms. The molecule has 0 amide bonds. The first-order valence-corrected chi connectivity index (χ1v) is 5.12. The quantitative estimate of drug-likeness (QED) is 0.642. The summed E-state index contributed by atoms with van der Waals surface area (Å²) in [6.07, 6.45) is 5.09. The van der Waals surface area contributed by atoms with Gasteiger partial charge < -0.3 is 20.4 Å². The van der Waals surface area contributed by atoms with E-state index in [0.717, 1.165) is 11.5 Å². The van der Waals surface area contributed by atoms with Gasteiger partial charge in [0.15, 0.2) is 0 Å². The number of esters is 1. The number of rotatable bonds is 4. The van der Waals surface area contributed by atoms with Gasteiger partial charge in [0.1, 0.15) is 11.9 Å². The maximum absolute atomic E-state index is 11.6. The van der Waals surface area contributed by atoms with Crippen molar-refractivity contribution in [1.29, 1.82) is 0 Å². The molecule has 0 saturated carbocycles. The first-order valence-electron chi connectivity index (χ1n) is 5.12. The lowest BCUT2D eigenvalue weighted by atomic mass is 10.2. The predicted octanol–water partition coefficient (Wildman–Crippen LogP) is -0.0834. The average Bonchev–Trinajstić information content (AvgIpc) is 2.90. The van der Waals surface area contributed by atoms with Crippen LogP contribution in [0.2, 0.25) is 0 Å². The van der Waals surface area contributed by atoms with E-state index in [-0.39, 0.29) is 6.01 Å². The zero-order valence-electron chi connectivity index (χ0n) is 9.30. The fourth-order valence-electron chi connectivity index (χ4n) is 1.36. The van der Waals surface area contributed by atoms with Crippen LogP contribution in [0.1, 0.15) is 11.5 Å². The standard InChI is InChI=1S/C10H13N5O2/c1-6-14-5-7(15-6)4-8(11)9(16)17-10-12-2-3-13-10/h2-3,5,8H,4,11H2,1H3,(H,12,13)(H,14,15)/t8-/m0/s1. The molecule has 0 aliphatic rings. The smallest absolute Gasteiger partial charge is 0.331 e. The Labute approximate surface area is 97.4 Å². The lowest BCUT2D eigenvalue weighted by Gasteiger charge is -2.07. The highest BCUT2D eigenvalue weighted by Crippen LogP contribution is 2.04. The Balaban J connectivity index is 1.91. The minimum Gasteiger partial charge on any atom is -0.391 e. The predicted molar refractivity (Wildman–Crippen MR) is 59.2 cm³/mol. The lowest BCUT2D eigenvalue weighted by Crippen LogP contribution is -2.36. The Morgan fingerprint density at radius 1 is 1.59 bits per heavy atom. The second-order valence-electron chi connectivity index (χ2n) is 3.60. The molecule has 17 heavy (non-hydrogen) atoms. The summed E-state index contributed by atoms with van der Waals surface area (Å²) >= 11 is 0. The van der Waals surface area contributed by atoms with Crippen LogP contribution in [0.15, 0.2) is 18.6 Å². The highest BCUT2D eigenvalue weighted by molar-refractivity contribution is 5.77. The van der Waals surface area contributed by atoms with Crippen LogP contribution in [0.3, 0.4) is 0 Å². The molecule has 0 aliphatic heterocycles. The second-order valence-corrected chi connectivity index (χ2v) is 3.60. The fraction of sp³-hybridized carbons (Fsp3) is 0.300. The van der Waals surface area contributed by atoms with E-state index in [0.29, 0.717) is 6.42 Å². The molecule has 0 aliphatic carbocycles. The molecule has 0 aromatic carbocycles. The number of nitrogens with one attached hydrogen (secondary N) is 2. The number of hydrogen-bond donors (Lipinski definition) is 3. The third-order valence-electron chi connectivity index (χ3n) is 2.16. The molecular formula is C10H13N5O2. The molecular weight excluding hydrogens is 222 g/mol. The van der Waals surface area contributed by atoms with Crippen molar-refractivity contribution in [1.82, 2.24) is 19.9 Å². The van der Waals surface area contributed by atoms with Crippen molar-refractivity contribution in [2.75, 3.05) is 0 Å². The van der Waals surface area contributed by atoms with Gasteiger partial charge in [0.2, 0.25) is 0 Å². The summed E-state index contributed by atoms with van der Waals surface area (Å²) < 4.78 is 4.93. The van der Waals surface area contributed by atoms with E-state index in [9.17, 15) is 4.79 Å². The van der Waals surface area contributed by atoms with E-state index in [1.807, 2.05) is 6.92 Å². The van der Waals surface area contributed by atoms with Crippen LogP contribution in [0.25, 0.3) is 0 Å². The number of ether oxygens (including phenoxy) is 1. The third kappa shape index (κ3) is 2.91. The molecule has 2 aromatic rings. The highest BCUT2D eigenvalue weighted by Gasteiger charge is 2.18. The van der Waals surface area contributed by atoms with Gasteiger partial charge in [-0.3, -0.25) is 0 Å². The molecule has 0 unspecified atom stereocenters. The molecule has 7 heteroatoms. The molecule has 1 atom stereocenters. The Morgan fingerprint density at radius 2 is 2.41 bits per heavy atom. The summed E-state index contributed by atoms with van der Waals surface area (Å²) in [6.45, 7) is 1.83. The van der Waals surface area contributed by atoms with Crippen molar-refractivity contribution in [3.8, 4) is 6.01 Å². The number of hydrogen-bond acceptors (Lipinski definition) is 5. The molecule has 90 valence electrons. The van der Waals surface area contributed by atoms with Gasteiger partial charge >= 0.3 is 12.0 Å². The Bertz CT molecular complexity index is 491. The number of carbonyl (C=O) groups is 1. The molecule has 7 nitrogen and oxygen atoms in total. The zero-order chi connectivity index (χ0) is 12.3. The minimum atomic E-state index is -0.761. The van der Waals surface area contributed by atoms with Gasteiger partial charge in [0, 0.05) is 25.0 Å². The van der Waals surface area contributed by atoms with Crippen LogP contribution in [-0.4, -0.2) is 31.9 Å². The summed E-state index contributed by atoms with van der Waals surface area (Å²) in [5.41, 5.74) is 6.43. The fourth-order valence-corrected chi connectivity index (χ4v) is 1.36. The maximum Gasteiger partial charge on any atom is 0.331 e. The van der Waals surface area contributed by atoms with Crippen LogP contribution in [0.4, 0.5) is 0 Å². The molecule has 0 radical (unpaired) electrons. The Hall–Kier alpha value is -2.15. The zero-order valence-corrected chi connectivity index (χ0v) is 9.30. The average molecular weight is 235 g/mol. The molecule has 4 N–H and O–H groups in total. The largest absolute Gasteiger partial charge is 0.391 e. The Morgan fingerprint density at radius 3 is 3.00 bits per heavy atom. The topological polar surface area (TPSA) is 110 Å². The number of nitrogens with two attached hydrogens (primary N) is 1. The van der Waals surface area contributed by atoms with Gasteiger partial charge in [0.25, 0.3) is 0 Å². The van der Waals surface area contributed by atoms with Crippen molar-refractivity contribution in [2.24, 2.45) is 5.73 Å². The van der Waals surface area contributed by atoms with Gasteiger partial charge in [-0.25, -0.2) is 14.8 Å². The summed E-state index contributed by atoms with van der Waals surface area (Å²) in [5.74, 6) is 0.243. The molecule has 2 heterocycles. The number of aryl methyl sites for hydroxylation is 1. The van der Waals surface area contributed by atoms with Gasteiger partial charge in [-0.05, 0) is 6.92 Å². The van der Waals surface area contributed by atoms with Crippen LogP contribution in [-0.2, 0) is 11.2 Å². The third-order valence-corrected chi connectivity index (χ3v) is 2.16. The first kappa shape index (κ1) is 11.3. The maximum atomic E-state index is 11.6. The van der Waals surface area contributed by atoms with E-state index in [1.165, 1.54) is 6.20 Å². The van der Waals surface area contributed by atoms with E-state index in [1.54, 1.807) is 12.4 Å². The molecule has 2 rings (SSSR count). The van der Waals surface area contributed by atoms with Gasteiger partial charge in [-0.1, -0.05) is 0 Å². The van der Waals surface area contributed by atoms with Crippen molar-refractivity contribution >= 4 is 5.97 Å². The number of aromatic amines is 2. The van der Waals surface area contributed by atoms with Crippen LogP contribution in [0.5, 0.6) is 6.01 Å². The molecule has 0 fully saturated rings. The number of aromatic nitrogens is 4. The molecule has 0 spiro atoms. The minimum absolute atomic E-state index is 0.142. The van der Waals surface area contributed by atoms with E-state index >= 15 is 0 Å². The molecule has 2 aromatic heterocycles. The van der Waals surface area contributed by atoms with Gasteiger partial charge in [0.05, 0.1) is 5.69 Å².